The van der Waals surface area contributed by atoms with Gasteiger partial charge in [-0.1, -0.05) is 19.9 Å². The molecular formula is C19H27NO2. The summed E-state index contributed by atoms with van der Waals surface area (Å²) in [5.74, 6) is 2.52. The van der Waals surface area contributed by atoms with Crippen LogP contribution in [-0.4, -0.2) is 12.2 Å². The first-order valence-electron chi connectivity index (χ1n) is 8.95. The van der Waals surface area contributed by atoms with E-state index in [9.17, 15) is 9.59 Å². The summed E-state index contributed by atoms with van der Waals surface area (Å²) in [6.07, 6.45) is 11.0. The summed E-state index contributed by atoms with van der Waals surface area (Å²) in [4.78, 5) is 23.2. The minimum absolute atomic E-state index is 0.150. The Morgan fingerprint density at radius 1 is 1.18 bits per heavy atom. The quantitative estimate of drug-likeness (QED) is 0.754. The first-order valence-corrected chi connectivity index (χ1v) is 8.95. The van der Waals surface area contributed by atoms with Gasteiger partial charge in [0.05, 0.1) is 0 Å². The van der Waals surface area contributed by atoms with Crippen molar-refractivity contribution in [3.05, 3.63) is 11.8 Å². The molecule has 1 aliphatic heterocycles. The van der Waals surface area contributed by atoms with Crippen LogP contribution in [0.1, 0.15) is 58.8 Å². The number of hydrogen-bond acceptors (Lipinski definition) is 2. The largest absolute Gasteiger partial charge is 0.330 e. The lowest BCUT2D eigenvalue weighted by Gasteiger charge is -2.57. The summed E-state index contributed by atoms with van der Waals surface area (Å²) in [6.45, 7) is 4.73. The smallest absolute Gasteiger partial charge is 0.224 e. The van der Waals surface area contributed by atoms with E-state index in [1.165, 1.54) is 31.2 Å². The molecule has 1 heterocycles. The van der Waals surface area contributed by atoms with Crippen molar-refractivity contribution in [1.29, 1.82) is 0 Å². The molecule has 1 saturated heterocycles. The van der Waals surface area contributed by atoms with Crippen molar-refractivity contribution in [3.8, 4) is 0 Å². The molecule has 0 aromatic carbocycles. The van der Waals surface area contributed by atoms with E-state index in [1.54, 1.807) is 0 Å². The van der Waals surface area contributed by atoms with E-state index < -0.39 is 0 Å². The maximum atomic E-state index is 11.7. The SMILES string of the molecule is C[C@]12CCC(=O)NC1=CCC1C2CC[C@@]2(C)C1CC[C@@H]2C=O. The van der Waals surface area contributed by atoms with Crippen molar-refractivity contribution in [3.63, 3.8) is 0 Å². The molecule has 0 aromatic heterocycles. The number of piperidine rings is 1. The molecule has 6 atom stereocenters. The van der Waals surface area contributed by atoms with Gasteiger partial charge in [-0.05, 0) is 61.7 Å². The van der Waals surface area contributed by atoms with E-state index >= 15 is 0 Å². The van der Waals surface area contributed by atoms with Gasteiger partial charge in [0.25, 0.3) is 0 Å². The van der Waals surface area contributed by atoms with Gasteiger partial charge in [-0.25, -0.2) is 0 Å². The van der Waals surface area contributed by atoms with Crippen molar-refractivity contribution in [2.24, 2.45) is 34.5 Å². The van der Waals surface area contributed by atoms with E-state index in [1.807, 2.05) is 0 Å². The Labute approximate surface area is 132 Å². The van der Waals surface area contributed by atoms with Gasteiger partial charge in [-0.2, -0.15) is 0 Å². The number of amides is 1. The summed E-state index contributed by atoms with van der Waals surface area (Å²) in [6, 6.07) is 0. The Morgan fingerprint density at radius 2 is 2.00 bits per heavy atom. The Hall–Kier alpha value is -1.12. The number of aldehydes is 1. The Kier molecular flexibility index (Phi) is 3.08. The molecule has 1 amide bonds. The molecule has 2 saturated carbocycles. The van der Waals surface area contributed by atoms with Crippen LogP contribution in [0.5, 0.6) is 0 Å². The predicted octanol–water partition coefficient (Wildman–Crippen LogP) is 3.45. The molecule has 0 aromatic rings. The molecule has 0 bridgehead atoms. The number of fused-ring (bicyclic) bond motifs is 5. The van der Waals surface area contributed by atoms with Crippen LogP contribution in [0.4, 0.5) is 0 Å². The lowest BCUT2D eigenvalue weighted by Crippen LogP contribution is -2.53. The molecule has 4 aliphatic rings. The minimum Gasteiger partial charge on any atom is -0.330 e. The summed E-state index contributed by atoms with van der Waals surface area (Å²) in [5, 5.41) is 3.15. The molecule has 3 aliphatic carbocycles. The van der Waals surface area contributed by atoms with Crippen LogP contribution in [0.25, 0.3) is 0 Å². The topological polar surface area (TPSA) is 46.2 Å². The summed E-state index contributed by atoms with van der Waals surface area (Å²) < 4.78 is 0. The highest BCUT2D eigenvalue weighted by atomic mass is 16.1. The van der Waals surface area contributed by atoms with Gasteiger partial charge in [0, 0.05) is 23.5 Å². The number of rotatable bonds is 1. The third-order valence-corrected chi connectivity index (χ3v) is 7.85. The third kappa shape index (κ3) is 1.74. The zero-order valence-corrected chi connectivity index (χ0v) is 13.7. The number of carbonyl (C=O) groups is 2. The molecule has 0 radical (unpaired) electrons. The second-order valence-corrected chi connectivity index (χ2v) is 8.56. The van der Waals surface area contributed by atoms with Gasteiger partial charge < -0.3 is 10.1 Å². The van der Waals surface area contributed by atoms with E-state index in [2.05, 4.69) is 25.2 Å². The van der Waals surface area contributed by atoms with E-state index in [0.29, 0.717) is 24.2 Å². The predicted molar refractivity (Wildman–Crippen MR) is 84.8 cm³/mol. The van der Waals surface area contributed by atoms with Crippen LogP contribution in [0, 0.1) is 34.5 Å². The van der Waals surface area contributed by atoms with Crippen molar-refractivity contribution >= 4 is 12.2 Å². The Morgan fingerprint density at radius 3 is 2.77 bits per heavy atom. The fourth-order valence-electron chi connectivity index (χ4n) is 6.46. The van der Waals surface area contributed by atoms with Crippen molar-refractivity contribution in [2.75, 3.05) is 0 Å². The molecule has 22 heavy (non-hydrogen) atoms. The second-order valence-electron chi connectivity index (χ2n) is 8.56. The molecule has 3 fully saturated rings. The lowest BCUT2D eigenvalue weighted by atomic mass is 9.49. The van der Waals surface area contributed by atoms with Crippen LogP contribution in [-0.2, 0) is 9.59 Å². The Balaban J connectivity index is 1.68. The molecule has 1 N–H and O–H groups in total. The summed E-state index contributed by atoms with van der Waals surface area (Å²) in [5.41, 5.74) is 1.57. The third-order valence-electron chi connectivity index (χ3n) is 7.85. The van der Waals surface area contributed by atoms with Crippen LogP contribution in [0.3, 0.4) is 0 Å². The van der Waals surface area contributed by atoms with Crippen molar-refractivity contribution < 1.29 is 9.59 Å². The van der Waals surface area contributed by atoms with Crippen LogP contribution in [0.2, 0.25) is 0 Å². The zero-order valence-electron chi connectivity index (χ0n) is 13.7. The van der Waals surface area contributed by atoms with Gasteiger partial charge >= 0.3 is 0 Å². The molecule has 120 valence electrons. The van der Waals surface area contributed by atoms with Gasteiger partial charge in [0.15, 0.2) is 0 Å². The highest BCUT2D eigenvalue weighted by molar-refractivity contribution is 5.79. The average Bonchev–Trinajstić information content (AvgIpc) is 2.84. The molecule has 4 rings (SSSR count). The maximum absolute atomic E-state index is 11.7. The van der Waals surface area contributed by atoms with Crippen LogP contribution < -0.4 is 5.32 Å². The normalized spacial score (nSPS) is 50.3. The Bertz CT molecular complexity index is 554. The van der Waals surface area contributed by atoms with E-state index in [4.69, 9.17) is 0 Å². The van der Waals surface area contributed by atoms with Gasteiger partial charge in [-0.15, -0.1) is 0 Å². The fraction of sp³-hybridized carbons (Fsp3) is 0.789. The van der Waals surface area contributed by atoms with E-state index in [-0.39, 0.29) is 22.7 Å². The maximum Gasteiger partial charge on any atom is 0.224 e. The lowest BCUT2D eigenvalue weighted by molar-refractivity contribution is -0.126. The first kappa shape index (κ1) is 14.5. The zero-order chi connectivity index (χ0) is 15.5. The standard InChI is InChI=1S/C19H27NO2/c1-18-9-7-15-13(14(18)5-3-12(18)11-21)4-6-16-19(15,2)10-8-17(22)20-16/h6,11-15H,3-5,7-10H2,1-2H3,(H,20,22)/t12-,13?,14?,15?,18-,19-/m1/s1. The van der Waals surface area contributed by atoms with Crippen molar-refractivity contribution in [2.45, 2.75) is 58.8 Å². The molecular weight excluding hydrogens is 274 g/mol. The van der Waals surface area contributed by atoms with Crippen LogP contribution in [0.15, 0.2) is 11.8 Å². The molecule has 3 nitrogen and oxygen atoms in total. The highest BCUT2D eigenvalue weighted by Crippen LogP contribution is 2.64. The molecule has 0 spiro atoms. The first-order chi connectivity index (χ1) is 10.5. The monoisotopic (exact) mass is 301 g/mol. The molecule has 3 unspecified atom stereocenters. The van der Waals surface area contributed by atoms with Gasteiger partial charge in [0.1, 0.15) is 6.29 Å². The van der Waals surface area contributed by atoms with Gasteiger partial charge in [-0.3, -0.25) is 4.79 Å². The van der Waals surface area contributed by atoms with Crippen molar-refractivity contribution in [1.82, 2.24) is 5.32 Å². The summed E-state index contributed by atoms with van der Waals surface area (Å²) in [7, 11) is 0. The number of nitrogens with one attached hydrogen (secondary N) is 1. The van der Waals surface area contributed by atoms with Crippen LogP contribution >= 0.6 is 0 Å². The number of carbonyl (C=O) groups excluding carboxylic acids is 2. The highest BCUT2D eigenvalue weighted by Gasteiger charge is 2.58. The second kappa shape index (κ2) is 4.69. The number of allylic oxidation sites excluding steroid dienone is 2. The summed E-state index contributed by atoms with van der Waals surface area (Å²) >= 11 is 0. The fourth-order valence-corrected chi connectivity index (χ4v) is 6.46. The minimum atomic E-state index is 0.150. The number of hydrogen-bond donors (Lipinski definition) is 1. The molecule has 3 heteroatoms. The van der Waals surface area contributed by atoms with Gasteiger partial charge in [0.2, 0.25) is 5.91 Å². The average molecular weight is 301 g/mol. The van der Waals surface area contributed by atoms with E-state index in [0.717, 1.165) is 19.3 Å².